The second-order valence-electron chi connectivity index (χ2n) is 6.05. The third-order valence-corrected chi connectivity index (χ3v) is 4.56. The molecule has 0 saturated carbocycles. The second kappa shape index (κ2) is 6.44. The first kappa shape index (κ1) is 14.3. The average Bonchev–Trinajstić information content (AvgIpc) is 2.94. The van der Waals surface area contributed by atoms with E-state index in [9.17, 15) is 0 Å². The molecular weight excluding hydrogens is 258 g/mol. The standard InChI is InChI=1S/C18H25N3/c1-3-19-18(17-11-12-21(2)20-17)13-15-9-6-8-14-7-4-5-10-16(14)15/h4-5,7,10-12,15,18-19H,3,6,8-9,13H2,1-2H3. The van der Waals surface area contributed by atoms with Gasteiger partial charge in [-0.2, -0.15) is 5.10 Å². The molecular formula is C18H25N3. The van der Waals surface area contributed by atoms with Gasteiger partial charge in [0.1, 0.15) is 0 Å². The molecule has 1 aromatic carbocycles. The molecule has 3 rings (SSSR count). The highest BCUT2D eigenvalue weighted by atomic mass is 15.3. The van der Waals surface area contributed by atoms with Crippen LogP contribution in [0.25, 0.3) is 0 Å². The molecule has 1 aliphatic carbocycles. The fourth-order valence-electron chi connectivity index (χ4n) is 3.56. The minimum Gasteiger partial charge on any atom is -0.309 e. The van der Waals surface area contributed by atoms with E-state index < -0.39 is 0 Å². The molecule has 1 heterocycles. The van der Waals surface area contributed by atoms with Gasteiger partial charge in [0.25, 0.3) is 0 Å². The van der Waals surface area contributed by atoms with Crippen LogP contribution in [0.1, 0.15) is 55.0 Å². The maximum Gasteiger partial charge on any atom is 0.0794 e. The van der Waals surface area contributed by atoms with Crippen molar-refractivity contribution >= 4 is 0 Å². The van der Waals surface area contributed by atoms with Crippen LogP contribution in [0.2, 0.25) is 0 Å². The predicted molar refractivity (Wildman–Crippen MR) is 86.4 cm³/mol. The summed E-state index contributed by atoms with van der Waals surface area (Å²) in [5.74, 6) is 0.654. The van der Waals surface area contributed by atoms with E-state index in [1.165, 1.54) is 25.0 Å². The number of rotatable bonds is 5. The Kier molecular flexibility index (Phi) is 4.39. The Morgan fingerprint density at radius 2 is 2.19 bits per heavy atom. The SMILES string of the molecule is CCNC(CC1CCCc2ccccc21)c1ccn(C)n1. The first-order valence-corrected chi connectivity index (χ1v) is 8.08. The summed E-state index contributed by atoms with van der Waals surface area (Å²) in [5.41, 5.74) is 4.27. The maximum atomic E-state index is 4.61. The zero-order chi connectivity index (χ0) is 14.7. The number of nitrogens with zero attached hydrogens (tertiary/aromatic N) is 2. The molecule has 0 amide bonds. The number of benzene rings is 1. The van der Waals surface area contributed by atoms with Crippen molar-refractivity contribution < 1.29 is 0 Å². The highest BCUT2D eigenvalue weighted by Crippen LogP contribution is 2.37. The Bertz CT molecular complexity index is 588. The maximum absolute atomic E-state index is 4.61. The van der Waals surface area contributed by atoms with Crippen molar-refractivity contribution in [2.45, 2.75) is 44.6 Å². The minimum absolute atomic E-state index is 0.354. The summed E-state index contributed by atoms with van der Waals surface area (Å²) in [6.07, 6.45) is 7.02. The van der Waals surface area contributed by atoms with Crippen LogP contribution in [0.5, 0.6) is 0 Å². The summed E-state index contributed by atoms with van der Waals surface area (Å²) in [4.78, 5) is 0. The predicted octanol–water partition coefficient (Wildman–Crippen LogP) is 3.58. The lowest BCUT2D eigenvalue weighted by molar-refractivity contribution is 0.417. The van der Waals surface area contributed by atoms with Gasteiger partial charge < -0.3 is 5.32 Å². The van der Waals surface area contributed by atoms with Crippen molar-refractivity contribution in [3.8, 4) is 0 Å². The molecule has 3 heteroatoms. The zero-order valence-corrected chi connectivity index (χ0v) is 13.0. The van der Waals surface area contributed by atoms with Crippen molar-refractivity contribution in [1.82, 2.24) is 15.1 Å². The van der Waals surface area contributed by atoms with E-state index in [4.69, 9.17) is 0 Å². The largest absolute Gasteiger partial charge is 0.309 e. The third-order valence-electron chi connectivity index (χ3n) is 4.56. The Morgan fingerprint density at radius 3 is 2.95 bits per heavy atom. The van der Waals surface area contributed by atoms with Gasteiger partial charge in [-0.1, -0.05) is 31.2 Å². The number of fused-ring (bicyclic) bond motifs is 1. The molecule has 2 unspecified atom stereocenters. The summed E-state index contributed by atoms with van der Waals surface area (Å²) in [7, 11) is 1.99. The number of nitrogens with one attached hydrogen (secondary N) is 1. The normalized spacial score (nSPS) is 19.2. The van der Waals surface area contributed by atoms with Gasteiger partial charge in [-0.15, -0.1) is 0 Å². The van der Waals surface area contributed by atoms with Crippen molar-refractivity contribution in [3.63, 3.8) is 0 Å². The average molecular weight is 283 g/mol. The molecule has 112 valence electrons. The molecule has 2 atom stereocenters. The van der Waals surface area contributed by atoms with E-state index in [1.54, 1.807) is 11.1 Å². The summed E-state index contributed by atoms with van der Waals surface area (Å²) in [5, 5.41) is 8.22. The smallest absolute Gasteiger partial charge is 0.0794 e. The molecule has 0 radical (unpaired) electrons. The lowest BCUT2D eigenvalue weighted by Crippen LogP contribution is -2.25. The fraction of sp³-hybridized carbons (Fsp3) is 0.500. The minimum atomic E-state index is 0.354. The molecule has 2 aromatic rings. The molecule has 1 aliphatic rings. The van der Waals surface area contributed by atoms with Crippen molar-refractivity contribution in [3.05, 3.63) is 53.3 Å². The molecule has 0 aliphatic heterocycles. The van der Waals surface area contributed by atoms with Crippen LogP contribution in [0.4, 0.5) is 0 Å². The molecule has 0 bridgehead atoms. The molecule has 1 aromatic heterocycles. The van der Waals surface area contributed by atoms with Gasteiger partial charge >= 0.3 is 0 Å². The first-order valence-electron chi connectivity index (χ1n) is 8.08. The number of aryl methyl sites for hydroxylation is 2. The molecule has 3 nitrogen and oxygen atoms in total. The Balaban J connectivity index is 1.80. The van der Waals surface area contributed by atoms with Gasteiger partial charge in [0.15, 0.2) is 0 Å². The second-order valence-corrected chi connectivity index (χ2v) is 6.05. The van der Waals surface area contributed by atoms with E-state index in [-0.39, 0.29) is 0 Å². The van der Waals surface area contributed by atoms with E-state index in [0.717, 1.165) is 13.0 Å². The first-order chi connectivity index (χ1) is 10.3. The quantitative estimate of drug-likeness (QED) is 0.909. The van der Waals surface area contributed by atoms with Crippen LogP contribution in [0.15, 0.2) is 36.5 Å². The summed E-state index contributed by atoms with van der Waals surface area (Å²) in [6.45, 7) is 3.15. The van der Waals surface area contributed by atoms with Crippen LogP contribution < -0.4 is 5.32 Å². The third kappa shape index (κ3) is 3.18. The molecule has 0 saturated heterocycles. The highest BCUT2D eigenvalue weighted by molar-refractivity contribution is 5.33. The van der Waals surface area contributed by atoms with Gasteiger partial charge in [-0.3, -0.25) is 4.68 Å². The van der Waals surface area contributed by atoms with Gasteiger partial charge in [0.2, 0.25) is 0 Å². The van der Waals surface area contributed by atoms with E-state index in [2.05, 4.69) is 47.7 Å². The van der Waals surface area contributed by atoms with Gasteiger partial charge in [0, 0.05) is 13.2 Å². The lowest BCUT2D eigenvalue weighted by atomic mass is 9.79. The fourth-order valence-corrected chi connectivity index (χ4v) is 3.56. The van der Waals surface area contributed by atoms with Gasteiger partial charge in [-0.25, -0.2) is 0 Å². The Labute approximate surface area is 127 Å². The summed E-state index contributed by atoms with van der Waals surface area (Å²) >= 11 is 0. The highest BCUT2D eigenvalue weighted by Gasteiger charge is 2.24. The monoisotopic (exact) mass is 283 g/mol. The number of hydrogen-bond donors (Lipinski definition) is 1. The lowest BCUT2D eigenvalue weighted by Gasteiger charge is -2.28. The number of hydrogen-bond acceptors (Lipinski definition) is 2. The van der Waals surface area contributed by atoms with E-state index in [1.807, 2.05) is 17.9 Å². The molecule has 1 N–H and O–H groups in total. The van der Waals surface area contributed by atoms with E-state index in [0.29, 0.717) is 12.0 Å². The van der Waals surface area contributed by atoms with Crippen molar-refractivity contribution in [2.75, 3.05) is 6.54 Å². The molecule has 0 fully saturated rings. The van der Waals surface area contributed by atoms with Crippen LogP contribution in [-0.2, 0) is 13.5 Å². The van der Waals surface area contributed by atoms with Crippen molar-refractivity contribution in [2.24, 2.45) is 7.05 Å². The van der Waals surface area contributed by atoms with Crippen LogP contribution in [0, 0.1) is 0 Å². The van der Waals surface area contributed by atoms with Gasteiger partial charge in [0.05, 0.1) is 11.7 Å². The number of aromatic nitrogens is 2. The Hall–Kier alpha value is -1.61. The molecule has 0 spiro atoms. The zero-order valence-electron chi connectivity index (χ0n) is 13.0. The Morgan fingerprint density at radius 1 is 1.33 bits per heavy atom. The van der Waals surface area contributed by atoms with E-state index >= 15 is 0 Å². The summed E-state index contributed by atoms with van der Waals surface area (Å²) < 4.78 is 1.90. The topological polar surface area (TPSA) is 29.9 Å². The summed E-state index contributed by atoms with van der Waals surface area (Å²) in [6, 6.07) is 11.5. The van der Waals surface area contributed by atoms with Gasteiger partial charge in [-0.05, 0) is 55.3 Å². The van der Waals surface area contributed by atoms with Crippen LogP contribution >= 0.6 is 0 Å². The molecule has 21 heavy (non-hydrogen) atoms. The van der Waals surface area contributed by atoms with Crippen LogP contribution in [0.3, 0.4) is 0 Å². The van der Waals surface area contributed by atoms with Crippen molar-refractivity contribution in [1.29, 1.82) is 0 Å². The van der Waals surface area contributed by atoms with Crippen LogP contribution in [-0.4, -0.2) is 16.3 Å².